The van der Waals surface area contributed by atoms with Gasteiger partial charge in [0.15, 0.2) is 0 Å². The Hall–Kier alpha value is -2.26. The largest absolute Gasteiger partial charge is 0.424 e. The molecule has 4 atom stereocenters. The molecule has 1 aromatic heterocycles. The first kappa shape index (κ1) is 18.1. The second-order valence-corrected chi connectivity index (χ2v) is 7.27. The van der Waals surface area contributed by atoms with Gasteiger partial charge in [0.25, 0.3) is 0 Å². The van der Waals surface area contributed by atoms with Gasteiger partial charge in [-0.3, -0.25) is 9.59 Å². The normalized spacial score (nSPS) is 31.0. The summed E-state index contributed by atoms with van der Waals surface area (Å²) in [6, 6.07) is 0. The molecule has 3 aliphatic rings. The van der Waals surface area contributed by atoms with Crippen LogP contribution in [0.4, 0.5) is 0 Å². The highest BCUT2D eigenvalue weighted by atomic mass is 16.5. The smallest absolute Gasteiger partial charge is 0.235 e. The van der Waals surface area contributed by atoms with Gasteiger partial charge >= 0.3 is 0 Å². The fraction of sp³-hybridized carbons (Fsp3) is 0.667. The second-order valence-electron chi connectivity index (χ2n) is 7.27. The van der Waals surface area contributed by atoms with Crippen LogP contribution in [0.5, 0.6) is 0 Å². The van der Waals surface area contributed by atoms with E-state index in [1.807, 2.05) is 19.1 Å². The van der Waals surface area contributed by atoms with Gasteiger partial charge < -0.3 is 23.7 Å². The summed E-state index contributed by atoms with van der Waals surface area (Å²) in [6.45, 7) is 5.88. The predicted molar refractivity (Wildman–Crippen MR) is 92.3 cm³/mol. The maximum Gasteiger partial charge on any atom is 0.235 e. The Bertz CT molecular complexity index is 778. The monoisotopic (exact) mass is 376 g/mol. The molecule has 3 aliphatic heterocycles. The standard InChI is InChI=1S/C18H24N4O5/c1-4-25-8-7-22-10-18-6-5-12(27-18)14(15(18)17(22)24)16(23)21(3)9-13-20-19-11(2)26-13/h5-6,12,14-15H,4,7-10H2,1-3H3/t12-,14+,15+,18-/m0/s1. The number of rotatable bonds is 7. The number of hydrogen-bond acceptors (Lipinski definition) is 7. The van der Waals surface area contributed by atoms with E-state index in [1.54, 1.807) is 18.9 Å². The number of nitrogens with zero attached hydrogens (tertiary/aromatic N) is 4. The zero-order chi connectivity index (χ0) is 19.2. The number of carbonyl (C=O) groups is 2. The minimum Gasteiger partial charge on any atom is -0.424 e. The maximum atomic E-state index is 13.1. The van der Waals surface area contributed by atoms with Crippen molar-refractivity contribution in [3.05, 3.63) is 23.9 Å². The molecule has 0 unspecified atom stereocenters. The quantitative estimate of drug-likeness (QED) is 0.494. The fourth-order valence-corrected chi connectivity index (χ4v) is 4.31. The van der Waals surface area contributed by atoms with E-state index in [1.165, 1.54) is 4.90 Å². The summed E-state index contributed by atoms with van der Waals surface area (Å²) in [7, 11) is 1.68. The highest BCUT2D eigenvalue weighted by Gasteiger charge is 2.67. The summed E-state index contributed by atoms with van der Waals surface area (Å²) in [5, 5.41) is 7.71. The van der Waals surface area contributed by atoms with Gasteiger partial charge in [-0.25, -0.2) is 0 Å². The van der Waals surface area contributed by atoms with Crippen molar-refractivity contribution >= 4 is 11.8 Å². The molecule has 27 heavy (non-hydrogen) atoms. The Morgan fingerprint density at radius 1 is 1.48 bits per heavy atom. The maximum absolute atomic E-state index is 13.1. The molecule has 0 aliphatic carbocycles. The van der Waals surface area contributed by atoms with Gasteiger partial charge in [-0.15, -0.1) is 10.2 Å². The minimum absolute atomic E-state index is 0.0399. The second kappa shape index (κ2) is 6.72. The highest BCUT2D eigenvalue weighted by molar-refractivity contribution is 5.92. The summed E-state index contributed by atoms with van der Waals surface area (Å²) in [4.78, 5) is 29.4. The van der Waals surface area contributed by atoms with E-state index < -0.39 is 17.4 Å². The molecule has 2 amide bonds. The molecule has 0 N–H and O–H groups in total. The molecule has 2 saturated heterocycles. The van der Waals surface area contributed by atoms with Gasteiger partial charge in [0.05, 0.1) is 37.6 Å². The molecule has 9 heteroatoms. The number of fused-ring (bicyclic) bond motifs is 1. The van der Waals surface area contributed by atoms with Crippen molar-refractivity contribution in [2.24, 2.45) is 11.8 Å². The molecule has 4 rings (SSSR count). The number of carbonyl (C=O) groups excluding carboxylic acids is 2. The first-order chi connectivity index (χ1) is 12.9. The first-order valence-electron chi connectivity index (χ1n) is 9.23. The third-order valence-corrected chi connectivity index (χ3v) is 5.49. The van der Waals surface area contributed by atoms with Crippen molar-refractivity contribution in [3.8, 4) is 0 Å². The van der Waals surface area contributed by atoms with E-state index in [9.17, 15) is 9.59 Å². The predicted octanol–water partition coefficient (Wildman–Crippen LogP) is 0.155. The van der Waals surface area contributed by atoms with Crippen LogP contribution in [0, 0.1) is 18.8 Å². The van der Waals surface area contributed by atoms with Crippen LogP contribution < -0.4 is 0 Å². The Morgan fingerprint density at radius 2 is 2.30 bits per heavy atom. The zero-order valence-corrected chi connectivity index (χ0v) is 15.8. The molecule has 9 nitrogen and oxygen atoms in total. The number of likely N-dealkylation sites (tertiary alicyclic amines) is 1. The summed E-state index contributed by atoms with van der Waals surface area (Å²) in [5.74, 6) is -0.392. The third-order valence-electron chi connectivity index (χ3n) is 5.49. The lowest BCUT2D eigenvalue weighted by molar-refractivity contribution is -0.143. The summed E-state index contributed by atoms with van der Waals surface area (Å²) < 4.78 is 16.8. The van der Waals surface area contributed by atoms with E-state index in [0.717, 1.165) is 0 Å². The molecule has 0 radical (unpaired) electrons. The van der Waals surface area contributed by atoms with Crippen molar-refractivity contribution in [1.29, 1.82) is 0 Å². The number of ether oxygens (including phenoxy) is 2. The lowest BCUT2D eigenvalue weighted by atomic mass is 9.76. The number of aryl methyl sites for hydroxylation is 1. The van der Waals surface area contributed by atoms with E-state index in [4.69, 9.17) is 13.9 Å². The molecule has 146 valence electrons. The van der Waals surface area contributed by atoms with Crippen LogP contribution in [0.3, 0.4) is 0 Å². The van der Waals surface area contributed by atoms with Crippen molar-refractivity contribution < 1.29 is 23.5 Å². The van der Waals surface area contributed by atoms with Crippen LogP contribution in [-0.2, 0) is 25.6 Å². The molecule has 2 fully saturated rings. The molecule has 0 saturated carbocycles. The van der Waals surface area contributed by atoms with Crippen LogP contribution in [0.25, 0.3) is 0 Å². The topological polar surface area (TPSA) is 98.0 Å². The summed E-state index contributed by atoms with van der Waals surface area (Å²) in [5.41, 5.74) is -0.698. The molecule has 1 aromatic rings. The van der Waals surface area contributed by atoms with Crippen LogP contribution in [0.2, 0.25) is 0 Å². The highest BCUT2D eigenvalue weighted by Crippen LogP contribution is 2.52. The van der Waals surface area contributed by atoms with E-state index in [2.05, 4.69) is 10.2 Å². The van der Waals surface area contributed by atoms with Crippen molar-refractivity contribution in [2.75, 3.05) is 33.4 Å². The number of amides is 2. The van der Waals surface area contributed by atoms with Gasteiger partial charge in [0.2, 0.25) is 23.6 Å². The van der Waals surface area contributed by atoms with Gasteiger partial charge in [0, 0.05) is 27.1 Å². The Balaban J connectivity index is 1.49. The zero-order valence-electron chi connectivity index (χ0n) is 15.8. The molecule has 1 spiro atoms. The van der Waals surface area contributed by atoms with E-state index in [-0.39, 0.29) is 24.5 Å². The van der Waals surface area contributed by atoms with E-state index >= 15 is 0 Å². The van der Waals surface area contributed by atoms with Crippen molar-refractivity contribution in [3.63, 3.8) is 0 Å². The van der Waals surface area contributed by atoms with E-state index in [0.29, 0.717) is 38.1 Å². The van der Waals surface area contributed by atoms with Gasteiger partial charge in [-0.2, -0.15) is 0 Å². The molecular formula is C18H24N4O5. The molecule has 4 heterocycles. The van der Waals surface area contributed by atoms with Crippen molar-refractivity contribution in [2.45, 2.75) is 32.1 Å². The van der Waals surface area contributed by atoms with Crippen LogP contribution in [-0.4, -0.2) is 76.9 Å². The van der Waals surface area contributed by atoms with Gasteiger partial charge in [-0.1, -0.05) is 12.2 Å². The molecule has 0 aromatic carbocycles. The van der Waals surface area contributed by atoms with Gasteiger partial charge in [0.1, 0.15) is 5.60 Å². The Morgan fingerprint density at radius 3 is 3.00 bits per heavy atom. The average molecular weight is 376 g/mol. The minimum atomic E-state index is -0.698. The SMILES string of the molecule is CCOCCN1C[C@]23C=C[C@H](O2)[C@@H](C(=O)N(C)Cc2nnc(C)o2)[C@@H]3C1=O. The number of aromatic nitrogens is 2. The fourth-order valence-electron chi connectivity index (χ4n) is 4.31. The Labute approximate surface area is 157 Å². The first-order valence-corrected chi connectivity index (χ1v) is 9.23. The van der Waals surface area contributed by atoms with Crippen molar-refractivity contribution in [1.82, 2.24) is 20.0 Å². The van der Waals surface area contributed by atoms with Gasteiger partial charge in [-0.05, 0) is 6.92 Å². The Kier molecular flexibility index (Phi) is 4.51. The molecular weight excluding hydrogens is 352 g/mol. The van der Waals surface area contributed by atoms with Crippen LogP contribution in [0.1, 0.15) is 18.7 Å². The third kappa shape index (κ3) is 2.94. The lowest BCUT2D eigenvalue weighted by Crippen LogP contribution is -2.44. The summed E-state index contributed by atoms with van der Waals surface area (Å²) >= 11 is 0. The lowest BCUT2D eigenvalue weighted by Gasteiger charge is -2.27. The molecule has 2 bridgehead atoms. The van der Waals surface area contributed by atoms with Crippen LogP contribution >= 0.6 is 0 Å². The summed E-state index contributed by atoms with van der Waals surface area (Å²) in [6.07, 6.45) is 3.49. The number of hydrogen-bond donors (Lipinski definition) is 0. The average Bonchev–Trinajstić information content (AvgIpc) is 3.37. The van der Waals surface area contributed by atoms with Crippen LogP contribution in [0.15, 0.2) is 16.6 Å².